The number of carbonyl (C=O) groups excluding carboxylic acids is 1. The van der Waals surface area contributed by atoms with Crippen LogP contribution in [0.1, 0.15) is 55.9 Å². The van der Waals surface area contributed by atoms with E-state index in [0.717, 1.165) is 11.3 Å². The maximum atomic E-state index is 13.8. The number of aliphatic hydroxyl groups excluding tert-OH is 4. The van der Waals surface area contributed by atoms with Crippen LogP contribution in [-0.2, 0) is 27.4 Å². The number of rotatable bonds is 18. The number of nitrogens with one attached hydrogen (secondary N) is 2. The number of hydrogen-bond donors (Lipinski definition) is 9. The lowest BCUT2D eigenvalue weighted by Gasteiger charge is -2.46. The minimum Gasteiger partial charge on any atom is -0.508 e. The van der Waals surface area contributed by atoms with Gasteiger partial charge < -0.3 is 60.4 Å². The first-order valence-corrected chi connectivity index (χ1v) is 21.7. The fourth-order valence-electron chi connectivity index (χ4n) is 9.62. The van der Waals surface area contributed by atoms with Gasteiger partial charge in [-0.15, -0.1) is 0 Å². The minimum atomic E-state index is -2.42. The second-order valence-electron chi connectivity index (χ2n) is 17.5. The number of aliphatic imine (C=N–C) groups is 1. The number of hydrogen-bond acceptors (Lipinski definition) is 16. The summed E-state index contributed by atoms with van der Waals surface area (Å²) in [5.41, 5.74) is -0.177. The summed E-state index contributed by atoms with van der Waals surface area (Å²) in [4.78, 5) is 45.1. The number of ether oxygens (including phenoxy) is 1. The first-order chi connectivity index (χ1) is 30.7. The summed E-state index contributed by atoms with van der Waals surface area (Å²) in [5, 5.41) is 83.0. The van der Waals surface area contributed by atoms with Crippen LogP contribution >= 0.6 is 0 Å². The van der Waals surface area contributed by atoms with Crippen molar-refractivity contribution in [1.29, 1.82) is 0 Å². The molecule has 0 aliphatic carbocycles. The molecule has 0 spiro atoms. The number of allylic oxidation sites excluding steroid dienone is 1. The standard InChI is InChI=1S/C47H56N4O13/c1-4-35-31-10-13-49-34(31)22-51(35)41-43-28(17-33-37(55)15-25(2)62-44(33)41)18-39(47(63-43,12-14-48-3)11-9-26-16-40(57)50-21-26)64-61-24-46(60,45(59)42(58)38(56)23-52)20-27-5-8-36(54)30-7-6-29(53)19-32(27)30/h5-8,10,13,15,17,19,22,26,35,38-39,42,45,48,52-54,56,58-60H,4,9,11-12,14,16,18,20-21,23-24H2,1-3H3,(H,50,57). The van der Waals surface area contributed by atoms with Crippen LogP contribution in [0.15, 0.2) is 80.2 Å². The van der Waals surface area contributed by atoms with Gasteiger partial charge >= 0.3 is 0 Å². The first kappa shape index (κ1) is 45.2. The van der Waals surface area contributed by atoms with Gasteiger partial charge in [0.1, 0.15) is 65.2 Å². The molecule has 8 rings (SSSR count). The molecule has 17 nitrogen and oxygen atoms in total. The van der Waals surface area contributed by atoms with E-state index >= 15 is 0 Å². The molecule has 0 radical (unpaired) electrons. The predicted octanol–water partition coefficient (Wildman–Crippen LogP) is 2.68. The lowest BCUT2D eigenvalue weighted by Crippen LogP contribution is -2.58. The number of fused-ring (bicyclic) bond motifs is 4. The Morgan fingerprint density at radius 1 is 1.06 bits per heavy atom. The number of phenols is 2. The summed E-state index contributed by atoms with van der Waals surface area (Å²) in [6, 6.07) is 10.1. The summed E-state index contributed by atoms with van der Waals surface area (Å²) in [5.74, 6) is 0.625. The number of nitrogens with zero attached hydrogens (tertiary/aromatic N) is 2. The quantitative estimate of drug-likeness (QED) is 0.0515. The third-order valence-electron chi connectivity index (χ3n) is 13.2. The molecule has 1 saturated heterocycles. The molecular weight excluding hydrogens is 829 g/mol. The molecule has 1 aromatic heterocycles. The largest absolute Gasteiger partial charge is 0.508 e. The molecular formula is C47H56N4O13. The normalized spacial score (nSPS) is 23.9. The van der Waals surface area contributed by atoms with Crippen LogP contribution in [0.4, 0.5) is 5.69 Å². The number of aromatic hydroxyl groups is 2. The van der Waals surface area contributed by atoms with Gasteiger partial charge in [-0.25, -0.2) is 9.78 Å². The van der Waals surface area contributed by atoms with Crippen molar-refractivity contribution in [3.05, 3.63) is 93.1 Å². The molecule has 3 aromatic carbocycles. The highest BCUT2D eigenvalue weighted by molar-refractivity contribution is 5.97. The Bertz CT molecular complexity index is 2580. The average Bonchev–Trinajstić information content (AvgIpc) is 4.01. The maximum absolute atomic E-state index is 13.8. The van der Waals surface area contributed by atoms with Crippen molar-refractivity contribution in [3.63, 3.8) is 0 Å². The Morgan fingerprint density at radius 3 is 2.61 bits per heavy atom. The fraction of sp³-hybridized carbons (Fsp3) is 0.468. The van der Waals surface area contributed by atoms with E-state index in [1.165, 1.54) is 36.4 Å². The summed E-state index contributed by atoms with van der Waals surface area (Å²) in [6.45, 7) is 3.01. The Kier molecular flexibility index (Phi) is 12.9. The van der Waals surface area contributed by atoms with Gasteiger partial charge in [0, 0.05) is 67.2 Å². The van der Waals surface area contributed by atoms with E-state index in [2.05, 4.69) is 27.4 Å². The zero-order valence-corrected chi connectivity index (χ0v) is 36.0. The molecule has 0 bridgehead atoms. The van der Waals surface area contributed by atoms with E-state index in [1.54, 1.807) is 19.2 Å². The molecule has 17 heteroatoms. The van der Waals surface area contributed by atoms with Crippen LogP contribution in [0, 0.1) is 12.8 Å². The summed E-state index contributed by atoms with van der Waals surface area (Å²) < 4.78 is 13.7. The highest BCUT2D eigenvalue weighted by Crippen LogP contribution is 2.51. The monoisotopic (exact) mass is 884 g/mol. The molecule has 1 amide bonds. The van der Waals surface area contributed by atoms with Crippen LogP contribution in [0.5, 0.6) is 17.2 Å². The molecule has 8 unspecified atom stereocenters. The van der Waals surface area contributed by atoms with E-state index in [0.29, 0.717) is 95.3 Å². The molecule has 9 N–H and O–H groups in total. The molecule has 5 heterocycles. The van der Waals surface area contributed by atoms with Crippen molar-refractivity contribution in [3.8, 4) is 17.2 Å². The van der Waals surface area contributed by atoms with Gasteiger partial charge in [-0.2, -0.15) is 0 Å². The number of anilines is 1. The van der Waals surface area contributed by atoms with Gasteiger partial charge in [0.15, 0.2) is 16.8 Å². The zero-order valence-electron chi connectivity index (χ0n) is 36.0. The Labute approximate surface area is 368 Å². The lowest BCUT2D eigenvalue weighted by atomic mass is 9.79. The van der Waals surface area contributed by atoms with E-state index in [-0.39, 0.29) is 41.2 Å². The van der Waals surface area contributed by atoms with Gasteiger partial charge in [-0.1, -0.05) is 13.0 Å². The number of benzene rings is 3. The van der Waals surface area contributed by atoms with E-state index in [9.17, 15) is 45.3 Å². The Hall–Kier alpha value is -5.37. The zero-order chi connectivity index (χ0) is 45.5. The van der Waals surface area contributed by atoms with E-state index in [4.69, 9.17) is 18.9 Å². The van der Waals surface area contributed by atoms with Crippen molar-refractivity contribution < 1.29 is 59.5 Å². The first-order valence-electron chi connectivity index (χ1n) is 21.7. The van der Waals surface area contributed by atoms with Crippen LogP contribution < -0.4 is 25.7 Å². The molecule has 64 heavy (non-hydrogen) atoms. The molecule has 4 aromatic rings. The number of amides is 1. The van der Waals surface area contributed by atoms with Crippen molar-refractivity contribution >= 4 is 39.6 Å². The van der Waals surface area contributed by atoms with Crippen LogP contribution in [0.3, 0.4) is 0 Å². The third-order valence-corrected chi connectivity index (χ3v) is 13.2. The minimum absolute atomic E-state index is 0.00141. The van der Waals surface area contributed by atoms with Gasteiger partial charge in [0.05, 0.1) is 23.7 Å². The van der Waals surface area contributed by atoms with E-state index < -0.39 is 55.3 Å². The van der Waals surface area contributed by atoms with Gasteiger partial charge in [0.25, 0.3) is 0 Å². The van der Waals surface area contributed by atoms with Crippen LogP contribution in [-0.4, -0.2) is 123 Å². The SMILES string of the molecule is CCC1C2=CC=NC2=CN1c1c2c(cc3c(=O)cc(C)oc13)CC(OOCC(O)(Cc1ccc(O)c3ccc(O)cc13)C(O)C(O)C(O)CO)C(CCNC)(CCC1CNC(=O)C1)O2. The predicted molar refractivity (Wildman–Crippen MR) is 236 cm³/mol. The highest BCUT2D eigenvalue weighted by atomic mass is 17.2. The summed E-state index contributed by atoms with van der Waals surface area (Å²) >= 11 is 0. The van der Waals surface area contributed by atoms with Crippen molar-refractivity contribution in [2.75, 3.05) is 38.3 Å². The maximum Gasteiger partial charge on any atom is 0.220 e. The Balaban J connectivity index is 1.21. The van der Waals surface area contributed by atoms with Gasteiger partial charge in [-0.05, 0) is 93.1 Å². The molecule has 0 saturated carbocycles. The molecule has 4 aliphatic heterocycles. The Morgan fingerprint density at radius 2 is 1.88 bits per heavy atom. The molecule has 1 fully saturated rings. The van der Waals surface area contributed by atoms with Crippen molar-refractivity contribution in [1.82, 2.24) is 10.6 Å². The number of phenolic OH excluding ortho intramolecular Hbond substituents is 2. The third kappa shape index (κ3) is 8.50. The second-order valence-corrected chi connectivity index (χ2v) is 17.5. The van der Waals surface area contributed by atoms with Gasteiger partial charge in [0.2, 0.25) is 5.91 Å². The number of carbonyl (C=O) groups is 1. The molecule has 4 aliphatic rings. The average molecular weight is 885 g/mol. The highest BCUT2D eigenvalue weighted by Gasteiger charge is 2.50. The topological polar surface area (TPSA) is 256 Å². The van der Waals surface area contributed by atoms with Crippen LogP contribution in [0.25, 0.3) is 21.7 Å². The second kappa shape index (κ2) is 18.3. The van der Waals surface area contributed by atoms with Crippen molar-refractivity contribution in [2.24, 2.45) is 10.9 Å². The van der Waals surface area contributed by atoms with E-state index in [1.807, 2.05) is 19.3 Å². The fourth-order valence-corrected chi connectivity index (χ4v) is 9.62. The summed E-state index contributed by atoms with van der Waals surface area (Å²) in [7, 11) is 1.81. The molecule has 8 atom stereocenters. The smallest absolute Gasteiger partial charge is 0.220 e. The number of aliphatic hydroxyl groups is 5. The van der Waals surface area contributed by atoms with Crippen molar-refractivity contribution in [2.45, 2.75) is 100 Å². The van der Waals surface area contributed by atoms with Crippen LogP contribution in [0.2, 0.25) is 0 Å². The summed E-state index contributed by atoms with van der Waals surface area (Å²) in [6.07, 6.45) is 0.749. The van der Waals surface area contributed by atoms with Gasteiger partial charge in [-0.3, -0.25) is 14.6 Å². The number of aryl methyl sites for hydroxylation is 1. The molecule has 342 valence electrons. The lowest BCUT2D eigenvalue weighted by molar-refractivity contribution is -0.373.